The van der Waals surface area contributed by atoms with Gasteiger partial charge in [0.15, 0.2) is 0 Å². The normalized spacial score (nSPS) is 14.8. The first-order valence-corrected chi connectivity index (χ1v) is 7.98. The molecule has 2 aromatic rings. The van der Waals surface area contributed by atoms with Gasteiger partial charge in [-0.15, -0.1) is 0 Å². The molecule has 3 heteroatoms. The third-order valence-electron chi connectivity index (χ3n) is 3.77. The molecule has 1 nitrogen and oxygen atoms in total. The van der Waals surface area contributed by atoms with Crippen LogP contribution in [-0.2, 0) is 0 Å². The largest absolute Gasteiger partial charge is 0.496 e. The van der Waals surface area contributed by atoms with Crippen LogP contribution in [0.25, 0.3) is 16.7 Å². The van der Waals surface area contributed by atoms with E-state index in [0.29, 0.717) is 11.3 Å². The summed E-state index contributed by atoms with van der Waals surface area (Å²) < 4.78 is 20.7. The van der Waals surface area contributed by atoms with Crippen LogP contribution in [0.5, 0.6) is 5.75 Å². The summed E-state index contributed by atoms with van der Waals surface area (Å²) in [5, 5.41) is 0. The molecule has 0 aliphatic heterocycles. The average Bonchev–Trinajstić information content (AvgIpc) is 2.55. The molecular weight excluding hydrogens is 343 g/mol. The van der Waals surface area contributed by atoms with E-state index in [4.69, 9.17) is 4.74 Å². The number of halogens is 2. The first-order valence-electron chi connectivity index (χ1n) is 7.19. The van der Waals surface area contributed by atoms with Gasteiger partial charge in [0.1, 0.15) is 11.6 Å². The Balaban J connectivity index is 2.16. The molecule has 0 saturated heterocycles. The number of hydrogen-bond donors (Lipinski definition) is 0. The van der Waals surface area contributed by atoms with Gasteiger partial charge in [-0.1, -0.05) is 52.3 Å². The van der Waals surface area contributed by atoms with Gasteiger partial charge in [0.05, 0.1) is 7.11 Å². The Morgan fingerprint density at radius 1 is 1.05 bits per heavy atom. The van der Waals surface area contributed by atoms with Gasteiger partial charge in [-0.3, -0.25) is 0 Å². The first-order chi connectivity index (χ1) is 10.7. The van der Waals surface area contributed by atoms with Gasteiger partial charge < -0.3 is 4.74 Å². The van der Waals surface area contributed by atoms with Crippen molar-refractivity contribution >= 4 is 21.5 Å². The summed E-state index contributed by atoms with van der Waals surface area (Å²) in [5.41, 5.74) is 3.52. The first kappa shape index (κ1) is 15.0. The fraction of sp³-hybridized carbons (Fsp3) is 0.158. The third-order valence-corrected chi connectivity index (χ3v) is 4.57. The maximum absolute atomic E-state index is 14.4. The topological polar surface area (TPSA) is 9.23 Å². The van der Waals surface area contributed by atoms with Crippen molar-refractivity contribution in [1.29, 1.82) is 0 Å². The van der Waals surface area contributed by atoms with E-state index in [1.807, 2.05) is 48.5 Å². The Kier molecular flexibility index (Phi) is 4.44. The molecule has 3 rings (SSSR count). The quantitative estimate of drug-likeness (QED) is 0.642. The van der Waals surface area contributed by atoms with E-state index in [1.165, 1.54) is 0 Å². The van der Waals surface area contributed by atoms with Crippen LogP contribution in [0, 0.1) is 0 Å². The predicted molar refractivity (Wildman–Crippen MR) is 92.7 cm³/mol. The summed E-state index contributed by atoms with van der Waals surface area (Å²) in [6.45, 7) is 0. The van der Waals surface area contributed by atoms with E-state index in [9.17, 15) is 4.39 Å². The van der Waals surface area contributed by atoms with Gasteiger partial charge in [-0.05, 0) is 42.2 Å². The molecule has 0 fully saturated rings. The van der Waals surface area contributed by atoms with E-state index in [0.717, 1.165) is 34.0 Å². The molecule has 0 bridgehead atoms. The fourth-order valence-corrected chi connectivity index (χ4v) is 3.30. The fourth-order valence-electron chi connectivity index (χ4n) is 2.67. The van der Waals surface area contributed by atoms with Crippen LogP contribution in [-0.4, -0.2) is 7.11 Å². The average molecular weight is 359 g/mol. The van der Waals surface area contributed by atoms with Crippen LogP contribution in [0.4, 0.5) is 4.39 Å². The van der Waals surface area contributed by atoms with Crippen molar-refractivity contribution in [3.05, 3.63) is 70.5 Å². The van der Waals surface area contributed by atoms with Crippen molar-refractivity contribution in [2.45, 2.75) is 12.8 Å². The van der Waals surface area contributed by atoms with Gasteiger partial charge in [0.2, 0.25) is 0 Å². The maximum Gasteiger partial charge on any atom is 0.128 e. The molecule has 1 aliphatic carbocycles. The highest BCUT2D eigenvalue weighted by Gasteiger charge is 2.20. The molecule has 0 heterocycles. The Bertz CT molecular complexity index is 747. The van der Waals surface area contributed by atoms with Gasteiger partial charge in [-0.2, -0.15) is 0 Å². The summed E-state index contributed by atoms with van der Waals surface area (Å²) in [6.07, 6.45) is 3.16. The zero-order valence-electron chi connectivity index (χ0n) is 12.3. The molecule has 0 radical (unpaired) electrons. The van der Waals surface area contributed by atoms with Crippen molar-refractivity contribution in [3.8, 4) is 16.9 Å². The van der Waals surface area contributed by atoms with Gasteiger partial charge >= 0.3 is 0 Å². The molecule has 0 unspecified atom stereocenters. The van der Waals surface area contributed by atoms with Crippen LogP contribution in [0.15, 0.2) is 64.9 Å². The van der Waals surface area contributed by atoms with Gasteiger partial charge in [0, 0.05) is 15.6 Å². The monoisotopic (exact) mass is 358 g/mol. The molecule has 0 spiro atoms. The molecule has 0 amide bonds. The standard InChI is InChI=1S/C19H16BrFO/c1-22-18-11-10-14(13-6-3-2-4-7-13)12-15(18)19-16(20)8-5-9-17(19)21/h2-4,6-7,9-12H,5,8H2,1H3. The summed E-state index contributed by atoms with van der Waals surface area (Å²) in [4.78, 5) is 0. The lowest BCUT2D eigenvalue weighted by atomic mass is 9.94. The van der Waals surface area contributed by atoms with Gasteiger partial charge in [0.25, 0.3) is 0 Å². The second-order valence-corrected chi connectivity index (χ2v) is 6.11. The third kappa shape index (κ3) is 2.86. The number of allylic oxidation sites excluding steroid dienone is 4. The highest BCUT2D eigenvalue weighted by Crippen LogP contribution is 2.42. The van der Waals surface area contributed by atoms with Crippen molar-refractivity contribution in [2.24, 2.45) is 0 Å². The van der Waals surface area contributed by atoms with Crippen molar-refractivity contribution in [3.63, 3.8) is 0 Å². The Morgan fingerprint density at radius 3 is 2.50 bits per heavy atom. The molecule has 0 aromatic heterocycles. The number of methoxy groups -OCH3 is 1. The predicted octanol–water partition coefficient (Wildman–Crippen LogP) is 6.12. The molecule has 0 N–H and O–H groups in total. The van der Waals surface area contributed by atoms with Crippen molar-refractivity contribution in [1.82, 2.24) is 0 Å². The van der Waals surface area contributed by atoms with Crippen molar-refractivity contribution < 1.29 is 9.13 Å². The van der Waals surface area contributed by atoms with E-state index in [2.05, 4.69) is 15.9 Å². The molecule has 2 aromatic carbocycles. The smallest absolute Gasteiger partial charge is 0.128 e. The minimum Gasteiger partial charge on any atom is -0.496 e. The SMILES string of the molecule is COc1ccc(-c2ccccc2)cc1C1=C(Br)CCC=C1F. The lowest BCUT2D eigenvalue weighted by Gasteiger charge is -2.18. The van der Waals surface area contributed by atoms with Crippen LogP contribution in [0.1, 0.15) is 18.4 Å². The highest BCUT2D eigenvalue weighted by atomic mass is 79.9. The minimum absolute atomic E-state index is 0.193. The molecule has 0 atom stereocenters. The van der Waals surface area contributed by atoms with Crippen molar-refractivity contribution in [2.75, 3.05) is 7.11 Å². The summed E-state index contributed by atoms with van der Waals surface area (Å²) >= 11 is 3.52. The molecule has 1 aliphatic rings. The molecular formula is C19H16BrFO. The molecule has 22 heavy (non-hydrogen) atoms. The number of hydrogen-bond acceptors (Lipinski definition) is 1. The summed E-state index contributed by atoms with van der Waals surface area (Å²) in [7, 11) is 1.61. The minimum atomic E-state index is -0.193. The lowest BCUT2D eigenvalue weighted by molar-refractivity contribution is 0.413. The summed E-state index contributed by atoms with van der Waals surface area (Å²) in [6, 6.07) is 15.9. The number of benzene rings is 2. The Labute approximate surface area is 138 Å². The number of ether oxygens (including phenoxy) is 1. The highest BCUT2D eigenvalue weighted by molar-refractivity contribution is 9.11. The second kappa shape index (κ2) is 6.49. The van der Waals surface area contributed by atoms with E-state index in [-0.39, 0.29) is 5.83 Å². The maximum atomic E-state index is 14.4. The van der Waals surface area contributed by atoms with E-state index in [1.54, 1.807) is 13.2 Å². The molecule has 112 valence electrons. The van der Waals surface area contributed by atoms with Crippen LogP contribution in [0.3, 0.4) is 0 Å². The Hall–Kier alpha value is -1.87. The summed E-state index contributed by atoms with van der Waals surface area (Å²) in [5.74, 6) is 0.485. The zero-order chi connectivity index (χ0) is 15.5. The Morgan fingerprint density at radius 2 is 1.82 bits per heavy atom. The van der Waals surface area contributed by atoms with Crippen LogP contribution >= 0.6 is 15.9 Å². The molecule has 0 saturated carbocycles. The zero-order valence-corrected chi connectivity index (χ0v) is 13.9. The van der Waals surface area contributed by atoms with E-state index >= 15 is 0 Å². The van der Waals surface area contributed by atoms with Crippen LogP contribution in [0.2, 0.25) is 0 Å². The van der Waals surface area contributed by atoms with Crippen LogP contribution < -0.4 is 4.74 Å². The van der Waals surface area contributed by atoms with Gasteiger partial charge in [-0.25, -0.2) is 4.39 Å². The second-order valence-electron chi connectivity index (χ2n) is 5.15. The van der Waals surface area contributed by atoms with E-state index < -0.39 is 0 Å². The lowest BCUT2D eigenvalue weighted by Crippen LogP contribution is -1.98. The number of rotatable bonds is 3.